The first-order valence-corrected chi connectivity index (χ1v) is 8.00. The molecule has 3 nitrogen and oxygen atoms in total. The number of nitrogens with zero attached hydrogens (tertiary/aromatic N) is 2. The zero-order valence-corrected chi connectivity index (χ0v) is 13.9. The molecule has 102 valence electrons. The SMILES string of the molecule is Brc1c2ccccc2c(Br)c2c(-c3ncn[nH]3)cccc12. The van der Waals surface area contributed by atoms with E-state index in [4.69, 9.17) is 0 Å². The van der Waals surface area contributed by atoms with Crippen LogP contribution in [0.4, 0.5) is 0 Å². The first-order valence-electron chi connectivity index (χ1n) is 6.41. The van der Waals surface area contributed by atoms with Gasteiger partial charge in [-0.25, -0.2) is 4.98 Å². The van der Waals surface area contributed by atoms with Crippen molar-refractivity contribution < 1.29 is 0 Å². The number of aromatic nitrogens is 3. The highest BCUT2D eigenvalue weighted by Crippen LogP contribution is 2.42. The van der Waals surface area contributed by atoms with Crippen molar-refractivity contribution in [3.8, 4) is 11.4 Å². The molecule has 0 aliphatic heterocycles. The maximum atomic E-state index is 4.28. The van der Waals surface area contributed by atoms with Crippen LogP contribution >= 0.6 is 31.9 Å². The van der Waals surface area contributed by atoms with E-state index in [2.05, 4.69) is 71.3 Å². The smallest absolute Gasteiger partial charge is 0.156 e. The number of hydrogen-bond donors (Lipinski definition) is 1. The molecule has 0 fully saturated rings. The van der Waals surface area contributed by atoms with E-state index < -0.39 is 0 Å². The van der Waals surface area contributed by atoms with Crippen molar-refractivity contribution >= 4 is 53.4 Å². The minimum absolute atomic E-state index is 0.767. The molecule has 21 heavy (non-hydrogen) atoms. The number of aromatic amines is 1. The van der Waals surface area contributed by atoms with Gasteiger partial charge in [0.1, 0.15) is 6.33 Å². The molecule has 1 N–H and O–H groups in total. The first-order chi connectivity index (χ1) is 10.3. The molecule has 0 saturated carbocycles. The van der Waals surface area contributed by atoms with Gasteiger partial charge in [0.05, 0.1) is 0 Å². The fourth-order valence-electron chi connectivity index (χ4n) is 2.65. The summed E-state index contributed by atoms with van der Waals surface area (Å²) in [6.07, 6.45) is 1.53. The van der Waals surface area contributed by atoms with Crippen molar-refractivity contribution in [1.29, 1.82) is 0 Å². The highest BCUT2D eigenvalue weighted by Gasteiger charge is 2.15. The molecule has 0 radical (unpaired) electrons. The summed E-state index contributed by atoms with van der Waals surface area (Å²) in [5.74, 6) is 0.767. The molecule has 4 rings (SSSR count). The van der Waals surface area contributed by atoms with Gasteiger partial charge in [0, 0.05) is 19.9 Å². The molecule has 0 aliphatic rings. The second-order valence-corrected chi connectivity index (χ2v) is 6.32. The Kier molecular flexibility index (Phi) is 3.05. The van der Waals surface area contributed by atoms with E-state index in [0.717, 1.165) is 31.1 Å². The summed E-state index contributed by atoms with van der Waals surface area (Å²) in [6.45, 7) is 0. The van der Waals surface area contributed by atoms with Crippen LogP contribution in [0.3, 0.4) is 0 Å². The average molecular weight is 403 g/mol. The second kappa shape index (κ2) is 4.93. The Hall–Kier alpha value is -1.72. The molecule has 0 saturated heterocycles. The molecule has 1 heterocycles. The number of hydrogen-bond acceptors (Lipinski definition) is 2. The van der Waals surface area contributed by atoms with Crippen molar-refractivity contribution in [2.45, 2.75) is 0 Å². The maximum Gasteiger partial charge on any atom is 0.156 e. The van der Waals surface area contributed by atoms with Crippen LogP contribution in [0, 0.1) is 0 Å². The highest BCUT2D eigenvalue weighted by molar-refractivity contribution is 9.11. The lowest BCUT2D eigenvalue weighted by atomic mass is 9.99. The van der Waals surface area contributed by atoms with E-state index >= 15 is 0 Å². The Balaban J connectivity index is 2.25. The summed E-state index contributed by atoms with van der Waals surface area (Å²) in [5.41, 5.74) is 1.03. The normalized spacial score (nSPS) is 11.3. The zero-order chi connectivity index (χ0) is 14.4. The molecule has 0 unspecified atom stereocenters. The Morgan fingerprint density at radius 1 is 0.810 bits per heavy atom. The average Bonchev–Trinajstić information content (AvgIpc) is 3.06. The summed E-state index contributed by atoms with van der Waals surface area (Å²) in [4.78, 5) is 4.28. The lowest BCUT2D eigenvalue weighted by molar-refractivity contribution is 1.10. The van der Waals surface area contributed by atoms with Crippen LogP contribution in [0.5, 0.6) is 0 Å². The lowest BCUT2D eigenvalue weighted by Crippen LogP contribution is -1.88. The van der Waals surface area contributed by atoms with Gasteiger partial charge < -0.3 is 0 Å². The molecule has 0 atom stereocenters. The third-order valence-electron chi connectivity index (χ3n) is 3.59. The van der Waals surface area contributed by atoms with Crippen molar-refractivity contribution in [1.82, 2.24) is 15.2 Å². The lowest BCUT2D eigenvalue weighted by Gasteiger charge is -2.12. The van der Waals surface area contributed by atoms with Gasteiger partial charge in [0.25, 0.3) is 0 Å². The van der Waals surface area contributed by atoms with Crippen LogP contribution < -0.4 is 0 Å². The minimum atomic E-state index is 0.767. The molecule has 0 amide bonds. The van der Waals surface area contributed by atoms with Gasteiger partial charge >= 0.3 is 0 Å². The maximum absolute atomic E-state index is 4.28. The monoisotopic (exact) mass is 401 g/mol. The van der Waals surface area contributed by atoms with E-state index in [-0.39, 0.29) is 0 Å². The van der Waals surface area contributed by atoms with Gasteiger partial charge in [-0.1, -0.05) is 42.5 Å². The number of nitrogens with one attached hydrogen (secondary N) is 1. The van der Waals surface area contributed by atoms with E-state index in [1.165, 1.54) is 17.1 Å². The van der Waals surface area contributed by atoms with Crippen LogP contribution in [0.15, 0.2) is 57.7 Å². The topological polar surface area (TPSA) is 41.6 Å². The second-order valence-electron chi connectivity index (χ2n) is 4.74. The molecular weight excluding hydrogens is 394 g/mol. The summed E-state index contributed by atoms with van der Waals surface area (Å²) in [6, 6.07) is 14.5. The highest BCUT2D eigenvalue weighted by atomic mass is 79.9. The zero-order valence-electron chi connectivity index (χ0n) is 10.8. The Morgan fingerprint density at radius 2 is 1.52 bits per heavy atom. The Labute approximate surface area is 137 Å². The molecule has 0 spiro atoms. The number of fused-ring (bicyclic) bond motifs is 2. The van der Waals surface area contributed by atoms with E-state index in [1.807, 2.05) is 18.2 Å². The third-order valence-corrected chi connectivity index (χ3v) is 5.27. The molecular formula is C16H9Br2N3. The Morgan fingerprint density at radius 3 is 2.24 bits per heavy atom. The summed E-state index contributed by atoms with van der Waals surface area (Å²) in [5, 5.41) is 11.5. The van der Waals surface area contributed by atoms with Crippen molar-refractivity contribution in [3.05, 3.63) is 57.7 Å². The molecule has 0 aliphatic carbocycles. The third kappa shape index (κ3) is 1.92. The summed E-state index contributed by atoms with van der Waals surface area (Å²) < 4.78 is 2.17. The fourth-order valence-corrected chi connectivity index (χ4v) is 4.10. The molecule has 3 aromatic carbocycles. The van der Waals surface area contributed by atoms with Crippen LogP contribution in [0.1, 0.15) is 0 Å². The first kappa shape index (κ1) is 13.0. The largest absolute Gasteiger partial charge is 0.259 e. The van der Waals surface area contributed by atoms with Gasteiger partial charge in [0.2, 0.25) is 0 Å². The van der Waals surface area contributed by atoms with Gasteiger partial charge in [-0.3, -0.25) is 5.10 Å². The van der Waals surface area contributed by atoms with Crippen molar-refractivity contribution in [3.63, 3.8) is 0 Å². The van der Waals surface area contributed by atoms with Crippen molar-refractivity contribution in [2.24, 2.45) is 0 Å². The quantitative estimate of drug-likeness (QED) is 0.438. The van der Waals surface area contributed by atoms with Gasteiger partial charge in [-0.2, -0.15) is 5.10 Å². The summed E-state index contributed by atoms with van der Waals surface area (Å²) >= 11 is 7.52. The number of halogens is 2. The molecule has 0 bridgehead atoms. The Bertz CT molecular complexity index is 962. The molecule has 4 aromatic rings. The van der Waals surface area contributed by atoms with E-state index in [1.54, 1.807) is 0 Å². The number of benzene rings is 3. The van der Waals surface area contributed by atoms with Gasteiger partial charge in [-0.15, -0.1) is 0 Å². The van der Waals surface area contributed by atoms with Gasteiger partial charge in [0.15, 0.2) is 5.82 Å². The van der Waals surface area contributed by atoms with E-state index in [0.29, 0.717) is 0 Å². The van der Waals surface area contributed by atoms with Crippen LogP contribution in [-0.2, 0) is 0 Å². The molecule has 5 heteroatoms. The van der Waals surface area contributed by atoms with Crippen LogP contribution in [-0.4, -0.2) is 15.2 Å². The minimum Gasteiger partial charge on any atom is -0.259 e. The summed E-state index contributed by atoms with van der Waals surface area (Å²) in [7, 11) is 0. The van der Waals surface area contributed by atoms with E-state index in [9.17, 15) is 0 Å². The fraction of sp³-hybridized carbons (Fsp3) is 0. The standard InChI is InChI=1S/C16H9Br2N3/c17-14-9-4-1-2-5-10(9)15(18)13-11(14)6-3-7-12(13)16-19-8-20-21-16/h1-8H,(H,19,20,21). The van der Waals surface area contributed by atoms with Crippen molar-refractivity contribution in [2.75, 3.05) is 0 Å². The van der Waals surface area contributed by atoms with Crippen LogP contribution in [0.25, 0.3) is 32.9 Å². The predicted molar refractivity (Wildman–Crippen MR) is 92.2 cm³/mol. The van der Waals surface area contributed by atoms with Crippen LogP contribution in [0.2, 0.25) is 0 Å². The van der Waals surface area contributed by atoms with Gasteiger partial charge in [-0.05, 0) is 48.0 Å². The number of H-pyrrole nitrogens is 1. The number of rotatable bonds is 1. The molecule has 1 aromatic heterocycles. The predicted octanol–water partition coefficient (Wildman–Crippen LogP) is 5.30.